The third-order valence-electron chi connectivity index (χ3n) is 2.42. The first-order valence-corrected chi connectivity index (χ1v) is 6.16. The largest absolute Gasteiger partial charge is 0.489 e. The first-order chi connectivity index (χ1) is 9.08. The minimum absolute atomic E-state index is 0.0424. The molecule has 0 aliphatic heterocycles. The number of hydrogen-bond donors (Lipinski definition) is 0. The molecular weight excluding hydrogens is 290 g/mol. The zero-order valence-electron chi connectivity index (χ0n) is 9.70. The molecule has 2 aromatic carbocycles. The van der Waals surface area contributed by atoms with Crippen molar-refractivity contribution in [2.45, 2.75) is 6.61 Å². The van der Waals surface area contributed by atoms with Crippen molar-refractivity contribution in [3.63, 3.8) is 0 Å². The summed E-state index contributed by atoms with van der Waals surface area (Å²) in [6.45, 7) is 0.207. The maximum atomic E-state index is 13.0. The van der Waals surface area contributed by atoms with E-state index in [0.717, 1.165) is 5.56 Å². The molecule has 0 fully saturated rings. The van der Waals surface area contributed by atoms with Crippen molar-refractivity contribution in [1.29, 1.82) is 0 Å². The number of rotatable bonds is 4. The van der Waals surface area contributed by atoms with Crippen molar-refractivity contribution in [3.05, 3.63) is 63.4 Å². The molecular formula is C14H9Cl2FO2. The molecule has 0 aromatic heterocycles. The zero-order chi connectivity index (χ0) is 13.8. The van der Waals surface area contributed by atoms with E-state index in [1.807, 2.05) is 0 Å². The Kier molecular flexibility index (Phi) is 4.40. The van der Waals surface area contributed by atoms with E-state index in [2.05, 4.69) is 0 Å². The normalized spacial score (nSPS) is 10.3. The average Bonchev–Trinajstić information content (AvgIpc) is 2.39. The van der Waals surface area contributed by atoms with E-state index < -0.39 is 5.82 Å². The number of carbonyl (C=O) groups is 1. The fraction of sp³-hybridized carbons (Fsp3) is 0.0714. The first-order valence-electron chi connectivity index (χ1n) is 5.41. The van der Waals surface area contributed by atoms with Crippen molar-refractivity contribution in [2.24, 2.45) is 0 Å². The van der Waals surface area contributed by atoms with Gasteiger partial charge in [0.1, 0.15) is 24.5 Å². The van der Waals surface area contributed by atoms with Crippen LogP contribution < -0.4 is 4.74 Å². The van der Waals surface area contributed by atoms with Gasteiger partial charge in [-0.15, -0.1) is 0 Å². The number of hydrogen-bond acceptors (Lipinski definition) is 2. The Bertz CT molecular complexity index is 614. The highest BCUT2D eigenvalue weighted by atomic mass is 35.5. The van der Waals surface area contributed by atoms with Crippen LogP contribution in [-0.4, -0.2) is 6.29 Å². The molecule has 0 aliphatic rings. The number of ether oxygens (including phenoxy) is 1. The van der Waals surface area contributed by atoms with Crippen molar-refractivity contribution < 1.29 is 13.9 Å². The van der Waals surface area contributed by atoms with Crippen LogP contribution in [0, 0.1) is 5.82 Å². The topological polar surface area (TPSA) is 26.3 Å². The first kappa shape index (κ1) is 13.8. The van der Waals surface area contributed by atoms with Crippen molar-refractivity contribution in [3.8, 4) is 5.75 Å². The average molecular weight is 299 g/mol. The number of carbonyl (C=O) groups excluding carboxylic acids is 1. The lowest BCUT2D eigenvalue weighted by Gasteiger charge is -2.08. The standard InChI is InChI=1S/C14H9Cl2FO2/c15-11-3-10(7-18)4-12(6-11)19-8-9-1-2-14(17)13(16)5-9/h1-7H,8H2. The van der Waals surface area contributed by atoms with Crippen LogP contribution in [0.2, 0.25) is 10.0 Å². The van der Waals surface area contributed by atoms with E-state index in [9.17, 15) is 9.18 Å². The van der Waals surface area contributed by atoms with Gasteiger partial charge in [-0.2, -0.15) is 0 Å². The summed E-state index contributed by atoms with van der Waals surface area (Å²) in [6, 6.07) is 9.05. The SMILES string of the molecule is O=Cc1cc(Cl)cc(OCc2ccc(F)c(Cl)c2)c1. The van der Waals surface area contributed by atoms with Crippen LogP contribution >= 0.6 is 23.2 Å². The lowest BCUT2D eigenvalue weighted by Crippen LogP contribution is -1.96. The van der Waals surface area contributed by atoms with Crippen molar-refractivity contribution in [2.75, 3.05) is 0 Å². The fourth-order valence-electron chi connectivity index (χ4n) is 1.53. The van der Waals surface area contributed by atoms with Crippen LogP contribution in [0.15, 0.2) is 36.4 Å². The zero-order valence-corrected chi connectivity index (χ0v) is 11.2. The van der Waals surface area contributed by atoms with E-state index in [1.54, 1.807) is 18.2 Å². The monoisotopic (exact) mass is 298 g/mol. The molecule has 0 saturated carbocycles. The van der Waals surface area contributed by atoms with E-state index in [4.69, 9.17) is 27.9 Å². The van der Waals surface area contributed by atoms with E-state index in [-0.39, 0.29) is 11.6 Å². The highest BCUT2D eigenvalue weighted by molar-refractivity contribution is 6.31. The van der Waals surface area contributed by atoms with Gasteiger partial charge in [-0.1, -0.05) is 29.3 Å². The summed E-state index contributed by atoms with van der Waals surface area (Å²) < 4.78 is 18.5. The molecule has 0 atom stereocenters. The van der Waals surface area contributed by atoms with Gasteiger partial charge >= 0.3 is 0 Å². The number of benzene rings is 2. The van der Waals surface area contributed by atoms with Gasteiger partial charge in [0.2, 0.25) is 0 Å². The molecule has 0 saturated heterocycles. The van der Waals surface area contributed by atoms with Gasteiger partial charge in [-0.3, -0.25) is 4.79 Å². The Balaban J connectivity index is 2.11. The van der Waals surface area contributed by atoms with Crippen LogP contribution in [-0.2, 0) is 6.61 Å². The summed E-state index contributed by atoms with van der Waals surface area (Å²) in [5, 5.41) is 0.456. The third kappa shape index (κ3) is 3.69. The molecule has 0 aliphatic carbocycles. The lowest BCUT2D eigenvalue weighted by molar-refractivity contribution is 0.112. The maximum absolute atomic E-state index is 13.0. The van der Waals surface area contributed by atoms with Crippen LogP contribution in [0.4, 0.5) is 4.39 Å². The maximum Gasteiger partial charge on any atom is 0.150 e. The molecule has 5 heteroatoms. The molecule has 2 nitrogen and oxygen atoms in total. The predicted molar refractivity (Wildman–Crippen MR) is 72.6 cm³/mol. The second kappa shape index (κ2) is 6.04. The number of halogens is 3. The van der Waals surface area contributed by atoms with Crippen LogP contribution in [0.25, 0.3) is 0 Å². The van der Waals surface area contributed by atoms with Gasteiger partial charge in [0.05, 0.1) is 5.02 Å². The van der Waals surface area contributed by atoms with E-state index >= 15 is 0 Å². The van der Waals surface area contributed by atoms with E-state index in [1.165, 1.54) is 18.2 Å². The second-order valence-corrected chi connectivity index (χ2v) is 4.72. The second-order valence-electron chi connectivity index (χ2n) is 3.88. The summed E-state index contributed by atoms with van der Waals surface area (Å²) in [5.74, 6) is -0.00791. The molecule has 2 aromatic rings. The predicted octanol–water partition coefficient (Wildman–Crippen LogP) is 4.52. The minimum Gasteiger partial charge on any atom is -0.489 e. The van der Waals surface area contributed by atoms with Crippen LogP contribution in [0.5, 0.6) is 5.75 Å². The Morgan fingerprint density at radius 1 is 1.16 bits per heavy atom. The molecule has 0 bridgehead atoms. The Morgan fingerprint density at radius 2 is 1.95 bits per heavy atom. The van der Waals surface area contributed by atoms with E-state index in [0.29, 0.717) is 22.6 Å². The van der Waals surface area contributed by atoms with Gasteiger partial charge in [0, 0.05) is 10.6 Å². The third-order valence-corrected chi connectivity index (χ3v) is 2.93. The summed E-state index contributed by atoms with van der Waals surface area (Å²) in [6.07, 6.45) is 0.688. The molecule has 0 amide bonds. The highest BCUT2D eigenvalue weighted by Gasteiger charge is 2.03. The summed E-state index contributed by atoms with van der Waals surface area (Å²) >= 11 is 11.5. The number of aldehydes is 1. The van der Waals surface area contributed by atoms with Gasteiger partial charge in [-0.25, -0.2) is 4.39 Å². The molecule has 98 valence electrons. The van der Waals surface area contributed by atoms with Crippen LogP contribution in [0.3, 0.4) is 0 Å². The lowest BCUT2D eigenvalue weighted by atomic mass is 10.2. The summed E-state index contributed by atoms with van der Waals surface area (Å²) in [5.41, 5.74) is 1.15. The smallest absolute Gasteiger partial charge is 0.150 e. The molecule has 0 spiro atoms. The van der Waals surface area contributed by atoms with Crippen molar-refractivity contribution >= 4 is 29.5 Å². The van der Waals surface area contributed by atoms with Gasteiger partial charge in [-0.05, 0) is 35.9 Å². The Labute approximate surface area is 119 Å². The van der Waals surface area contributed by atoms with Crippen LogP contribution in [0.1, 0.15) is 15.9 Å². The summed E-state index contributed by atoms with van der Waals surface area (Å²) in [7, 11) is 0. The van der Waals surface area contributed by atoms with Gasteiger partial charge in [0.15, 0.2) is 0 Å². The van der Waals surface area contributed by atoms with Crippen molar-refractivity contribution in [1.82, 2.24) is 0 Å². The minimum atomic E-state index is -0.476. The molecule has 0 radical (unpaired) electrons. The van der Waals surface area contributed by atoms with Gasteiger partial charge in [0.25, 0.3) is 0 Å². The summed E-state index contributed by atoms with van der Waals surface area (Å²) in [4.78, 5) is 10.7. The van der Waals surface area contributed by atoms with Gasteiger partial charge < -0.3 is 4.74 Å². The fourth-order valence-corrected chi connectivity index (χ4v) is 1.97. The molecule has 0 unspecified atom stereocenters. The Hall–Kier alpha value is -1.58. The molecule has 2 rings (SSSR count). The molecule has 19 heavy (non-hydrogen) atoms. The molecule has 0 heterocycles. The quantitative estimate of drug-likeness (QED) is 0.776. The highest BCUT2D eigenvalue weighted by Crippen LogP contribution is 2.22. The molecule has 0 N–H and O–H groups in total. The Morgan fingerprint density at radius 3 is 2.63 bits per heavy atom.